The normalized spacial score (nSPS) is 14.5. The van der Waals surface area contributed by atoms with Gasteiger partial charge in [0, 0.05) is 24.8 Å². The van der Waals surface area contributed by atoms with Crippen LogP contribution in [0.2, 0.25) is 0 Å². The maximum absolute atomic E-state index is 12.8. The molecule has 1 saturated heterocycles. The Bertz CT molecular complexity index is 1160. The molecule has 11 heteroatoms. The Labute approximate surface area is 172 Å². The number of anilines is 1. The van der Waals surface area contributed by atoms with Crippen molar-refractivity contribution in [2.45, 2.75) is 11.8 Å². The van der Waals surface area contributed by atoms with Gasteiger partial charge in [0.2, 0.25) is 5.82 Å². The van der Waals surface area contributed by atoms with Gasteiger partial charge in [-0.05, 0) is 30.7 Å². The average molecular weight is 429 g/mol. The lowest BCUT2D eigenvalue weighted by atomic mass is 10.1. The minimum atomic E-state index is -3.89. The lowest BCUT2D eigenvalue weighted by Gasteiger charge is -2.25. The number of ether oxygens (including phenoxy) is 1. The van der Waals surface area contributed by atoms with E-state index in [2.05, 4.69) is 19.8 Å². The van der Waals surface area contributed by atoms with E-state index in [0.29, 0.717) is 37.4 Å². The molecule has 2 aromatic heterocycles. The Morgan fingerprint density at radius 2 is 1.97 bits per heavy atom. The highest BCUT2D eigenvalue weighted by molar-refractivity contribution is 7.92. The van der Waals surface area contributed by atoms with E-state index in [9.17, 15) is 13.2 Å². The number of hydrogen-bond donors (Lipinski definition) is 1. The van der Waals surface area contributed by atoms with Gasteiger partial charge in [-0.15, -0.1) is 0 Å². The van der Waals surface area contributed by atoms with Crippen LogP contribution in [0.4, 0.5) is 5.82 Å². The fourth-order valence-corrected chi connectivity index (χ4v) is 4.25. The maximum Gasteiger partial charge on any atom is 0.316 e. The lowest BCUT2D eigenvalue weighted by molar-refractivity contribution is 0.0272. The van der Waals surface area contributed by atoms with Crippen molar-refractivity contribution in [2.24, 2.45) is 0 Å². The number of nitrogens with one attached hydrogen (secondary N) is 1. The summed E-state index contributed by atoms with van der Waals surface area (Å²) in [5.41, 5.74) is 0.946. The fourth-order valence-electron chi connectivity index (χ4n) is 2.97. The number of aromatic nitrogens is 3. The van der Waals surface area contributed by atoms with E-state index in [1.54, 1.807) is 42.2 Å². The Kier molecular flexibility index (Phi) is 5.46. The monoisotopic (exact) mass is 429 g/mol. The molecule has 3 heterocycles. The second-order valence-electron chi connectivity index (χ2n) is 6.63. The SMILES string of the molecule is Cc1ccc(-c2noc(C(=O)N3CCOCC3)n2)cc1S(=O)(=O)Nc1ccccn1. The van der Waals surface area contributed by atoms with Crippen molar-refractivity contribution in [1.82, 2.24) is 20.0 Å². The topological polar surface area (TPSA) is 128 Å². The van der Waals surface area contributed by atoms with E-state index in [0.717, 1.165) is 0 Å². The Hall–Kier alpha value is -3.31. The zero-order chi connectivity index (χ0) is 21.1. The molecule has 0 bridgehead atoms. The van der Waals surface area contributed by atoms with Crippen molar-refractivity contribution in [1.29, 1.82) is 0 Å². The van der Waals surface area contributed by atoms with E-state index in [4.69, 9.17) is 9.26 Å². The van der Waals surface area contributed by atoms with Gasteiger partial charge in [-0.3, -0.25) is 9.52 Å². The molecule has 1 amide bonds. The Balaban J connectivity index is 1.60. The number of carbonyl (C=O) groups excluding carboxylic acids is 1. The molecule has 1 aliphatic rings. The van der Waals surface area contributed by atoms with Crippen LogP contribution < -0.4 is 4.72 Å². The van der Waals surface area contributed by atoms with Crippen molar-refractivity contribution >= 4 is 21.7 Å². The first-order valence-corrected chi connectivity index (χ1v) is 10.7. The third-order valence-corrected chi connectivity index (χ3v) is 6.04. The van der Waals surface area contributed by atoms with Crippen molar-refractivity contribution in [3.8, 4) is 11.4 Å². The smallest absolute Gasteiger partial charge is 0.316 e. The number of rotatable bonds is 5. The molecule has 10 nitrogen and oxygen atoms in total. The number of hydrogen-bond acceptors (Lipinski definition) is 8. The molecule has 1 aromatic carbocycles. The Morgan fingerprint density at radius 3 is 2.70 bits per heavy atom. The number of nitrogens with zero attached hydrogens (tertiary/aromatic N) is 4. The third-order valence-electron chi connectivity index (χ3n) is 4.55. The molecule has 1 N–H and O–H groups in total. The summed E-state index contributed by atoms with van der Waals surface area (Å²) in [6.45, 7) is 3.48. The van der Waals surface area contributed by atoms with E-state index in [1.807, 2.05) is 0 Å². The van der Waals surface area contributed by atoms with Gasteiger partial charge in [0.1, 0.15) is 5.82 Å². The molecule has 0 unspecified atom stereocenters. The predicted octanol–water partition coefficient (Wildman–Crippen LogP) is 1.71. The quantitative estimate of drug-likeness (QED) is 0.649. The zero-order valence-corrected chi connectivity index (χ0v) is 16.9. The summed E-state index contributed by atoms with van der Waals surface area (Å²) in [4.78, 5) is 22.3. The summed E-state index contributed by atoms with van der Waals surface area (Å²) < 4.78 is 38.5. The first-order valence-electron chi connectivity index (χ1n) is 9.20. The lowest BCUT2D eigenvalue weighted by Crippen LogP contribution is -2.40. The van der Waals surface area contributed by atoms with Gasteiger partial charge in [-0.2, -0.15) is 4.98 Å². The molecule has 3 aromatic rings. The first-order chi connectivity index (χ1) is 14.4. The second kappa shape index (κ2) is 8.20. The summed E-state index contributed by atoms with van der Waals surface area (Å²) >= 11 is 0. The molecular weight excluding hydrogens is 410 g/mol. The number of carbonyl (C=O) groups is 1. The van der Waals surface area contributed by atoms with Crippen molar-refractivity contribution in [3.63, 3.8) is 0 Å². The highest BCUT2D eigenvalue weighted by Gasteiger charge is 2.25. The van der Waals surface area contributed by atoms with Crippen molar-refractivity contribution in [3.05, 3.63) is 54.0 Å². The highest BCUT2D eigenvalue weighted by Crippen LogP contribution is 2.25. The minimum absolute atomic E-state index is 0.0523. The van der Waals surface area contributed by atoms with Gasteiger partial charge in [-0.25, -0.2) is 13.4 Å². The van der Waals surface area contributed by atoms with Gasteiger partial charge in [-0.1, -0.05) is 23.4 Å². The van der Waals surface area contributed by atoms with Crippen LogP contribution in [0.15, 0.2) is 52.0 Å². The molecule has 4 rings (SSSR count). The van der Waals surface area contributed by atoms with Crippen molar-refractivity contribution < 1.29 is 22.5 Å². The molecule has 156 valence electrons. The number of amides is 1. The molecule has 0 spiro atoms. The van der Waals surface area contributed by atoms with Crippen LogP contribution in [-0.2, 0) is 14.8 Å². The summed E-state index contributed by atoms with van der Waals surface area (Å²) in [5, 5.41) is 3.85. The maximum atomic E-state index is 12.8. The Morgan fingerprint density at radius 1 is 1.17 bits per heavy atom. The van der Waals surface area contributed by atoms with Crippen molar-refractivity contribution in [2.75, 3.05) is 31.0 Å². The van der Waals surface area contributed by atoms with Gasteiger partial charge in [0.25, 0.3) is 10.0 Å². The van der Waals surface area contributed by atoms with E-state index in [-0.39, 0.29) is 28.3 Å². The molecule has 0 atom stereocenters. The molecular formula is C19H19N5O5S. The van der Waals surface area contributed by atoms with Crippen LogP contribution in [0.25, 0.3) is 11.4 Å². The predicted molar refractivity (Wildman–Crippen MR) is 106 cm³/mol. The van der Waals surface area contributed by atoms with Crippen LogP contribution in [0.1, 0.15) is 16.2 Å². The van der Waals surface area contributed by atoms with Crippen LogP contribution in [0.5, 0.6) is 0 Å². The number of sulfonamides is 1. The highest BCUT2D eigenvalue weighted by atomic mass is 32.2. The van der Waals surface area contributed by atoms with Gasteiger partial charge in [0.15, 0.2) is 0 Å². The minimum Gasteiger partial charge on any atom is -0.378 e. The summed E-state index contributed by atoms with van der Waals surface area (Å²) in [5.74, 6) is -0.196. The summed E-state index contributed by atoms with van der Waals surface area (Å²) in [7, 11) is -3.89. The molecule has 1 aliphatic heterocycles. The fraction of sp³-hybridized carbons (Fsp3) is 0.263. The van der Waals surface area contributed by atoms with Gasteiger partial charge in [0.05, 0.1) is 18.1 Å². The number of pyridine rings is 1. The summed E-state index contributed by atoms with van der Waals surface area (Å²) in [6.07, 6.45) is 1.49. The zero-order valence-electron chi connectivity index (χ0n) is 16.1. The number of morpholine rings is 1. The second-order valence-corrected chi connectivity index (χ2v) is 8.28. The van der Waals surface area contributed by atoms with Gasteiger partial charge < -0.3 is 14.2 Å². The molecule has 1 fully saturated rings. The molecule has 30 heavy (non-hydrogen) atoms. The molecule has 0 aliphatic carbocycles. The van der Waals surface area contributed by atoms with E-state index >= 15 is 0 Å². The first kappa shape index (κ1) is 20.0. The number of benzene rings is 1. The van der Waals surface area contributed by atoms with Crippen LogP contribution in [-0.4, -0.2) is 60.7 Å². The van der Waals surface area contributed by atoms with E-state index in [1.165, 1.54) is 12.3 Å². The van der Waals surface area contributed by atoms with Crippen LogP contribution in [0.3, 0.4) is 0 Å². The molecule has 0 radical (unpaired) electrons. The largest absolute Gasteiger partial charge is 0.378 e. The standard InChI is InChI=1S/C19H19N5O5S/c1-13-5-6-14(12-15(13)30(26,27)23-16-4-2-3-7-20-16)17-21-18(29-22-17)19(25)24-8-10-28-11-9-24/h2-7,12H,8-11H2,1H3,(H,20,23). The molecule has 0 saturated carbocycles. The van der Waals surface area contributed by atoms with Crippen LogP contribution >= 0.6 is 0 Å². The average Bonchev–Trinajstić information content (AvgIpc) is 3.25. The number of aryl methyl sites for hydroxylation is 1. The van der Waals surface area contributed by atoms with E-state index < -0.39 is 10.0 Å². The summed E-state index contributed by atoms with van der Waals surface area (Å²) in [6, 6.07) is 9.68. The van der Waals surface area contributed by atoms with Gasteiger partial charge >= 0.3 is 11.8 Å². The van der Waals surface area contributed by atoms with Crippen LogP contribution in [0, 0.1) is 6.92 Å². The third kappa shape index (κ3) is 4.16.